The van der Waals surface area contributed by atoms with Crippen LogP contribution in [0.5, 0.6) is 5.75 Å². The van der Waals surface area contributed by atoms with Crippen LogP contribution in [0.25, 0.3) is 0 Å². The lowest BCUT2D eigenvalue weighted by Gasteiger charge is -2.13. The van der Waals surface area contributed by atoms with Crippen molar-refractivity contribution in [3.8, 4) is 11.8 Å². The fraction of sp³-hybridized carbons (Fsp3) is 0.385. The van der Waals surface area contributed by atoms with Gasteiger partial charge >= 0.3 is 0 Å². The number of nitrogens with one attached hydrogen (secondary N) is 1. The number of carbonyl (C=O) groups is 1. The van der Waals surface area contributed by atoms with Crippen LogP contribution in [0.4, 0.5) is 0 Å². The summed E-state index contributed by atoms with van der Waals surface area (Å²) < 4.78 is 28.0. The molecule has 0 aliphatic carbocycles. The molecule has 0 bridgehead atoms. The molecule has 0 atom stereocenters. The van der Waals surface area contributed by atoms with Crippen molar-refractivity contribution in [1.82, 2.24) is 5.32 Å². The van der Waals surface area contributed by atoms with Crippen LogP contribution in [0, 0.1) is 25.2 Å². The van der Waals surface area contributed by atoms with Gasteiger partial charge in [0.25, 0.3) is 5.91 Å². The number of hydrogen-bond acceptors (Lipinski definition) is 5. The highest BCUT2D eigenvalue weighted by Gasteiger charge is 2.14. The van der Waals surface area contributed by atoms with Gasteiger partial charge in [0.2, 0.25) is 10.0 Å². The van der Waals surface area contributed by atoms with Crippen molar-refractivity contribution in [1.29, 1.82) is 5.26 Å². The van der Waals surface area contributed by atoms with E-state index in [0.717, 1.165) is 0 Å². The van der Waals surface area contributed by atoms with E-state index in [-0.39, 0.29) is 30.4 Å². The topological polar surface area (TPSA) is 122 Å². The molecule has 8 heteroatoms. The maximum atomic E-state index is 11.5. The Bertz CT molecular complexity index is 654. The zero-order valence-electron chi connectivity index (χ0n) is 11.8. The molecule has 1 aromatic carbocycles. The summed E-state index contributed by atoms with van der Waals surface area (Å²) in [7, 11) is -3.78. The van der Waals surface area contributed by atoms with Crippen LogP contribution >= 0.6 is 0 Å². The third kappa shape index (κ3) is 5.06. The minimum Gasteiger partial charge on any atom is -0.483 e. The molecule has 1 amide bonds. The van der Waals surface area contributed by atoms with Gasteiger partial charge in [0.1, 0.15) is 5.75 Å². The highest BCUT2D eigenvalue weighted by Crippen LogP contribution is 2.26. The Morgan fingerprint density at radius 1 is 1.38 bits per heavy atom. The minimum atomic E-state index is -3.78. The smallest absolute Gasteiger partial charge is 0.257 e. The largest absolute Gasteiger partial charge is 0.483 e. The van der Waals surface area contributed by atoms with E-state index in [1.165, 1.54) is 12.1 Å². The number of sulfonamides is 1. The van der Waals surface area contributed by atoms with Crippen LogP contribution in [0.2, 0.25) is 0 Å². The third-order valence-corrected chi connectivity index (χ3v) is 3.56. The average Bonchev–Trinajstić information content (AvgIpc) is 2.36. The van der Waals surface area contributed by atoms with E-state index >= 15 is 0 Å². The first kappa shape index (κ1) is 16.9. The summed E-state index contributed by atoms with van der Waals surface area (Å²) in [5.74, 6) is 0.0948. The standard InChI is InChI=1S/C13H17N3O4S/c1-9-6-11(21(15,18)19)7-10(2)13(9)20-8-12(17)16-5-3-4-14/h6-7H,3,5,8H2,1-2H3,(H,16,17)(H2,15,18,19). The molecule has 114 valence electrons. The maximum Gasteiger partial charge on any atom is 0.257 e. The first-order valence-corrected chi connectivity index (χ1v) is 7.71. The summed E-state index contributed by atoms with van der Waals surface area (Å²) in [6.45, 7) is 3.40. The number of carbonyl (C=O) groups excluding carboxylic acids is 1. The predicted molar refractivity (Wildman–Crippen MR) is 76.0 cm³/mol. The molecule has 0 fully saturated rings. The normalized spacial score (nSPS) is 10.8. The predicted octanol–water partition coefficient (Wildman–Crippen LogP) is 0.360. The van der Waals surface area contributed by atoms with Gasteiger partial charge in [0, 0.05) is 6.54 Å². The number of nitrogens with two attached hydrogens (primary N) is 1. The van der Waals surface area contributed by atoms with Crippen LogP contribution < -0.4 is 15.2 Å². The maximum absolute atomic E-state index is 11.5. The molecule has 0 saturated heterocycles. The van der Waals surface area contributed by atoms with Crippen molar-refractivity contribution in [2.24, 2.45) is 5.14 Å². The molecule has 21 heavy (non-hydrogen) atoms. The molecule has 1 aromatic rings. The van der Waals surface area contributed by atoms with E-state index in [0.29, 0.717) is 16.9 Å². The van der Waals surface area contributed by atoms with E-state index in [1.807, 2.05) is 6.07 Å². The Hall–Kier alpha value is -2.11. The molecule has 3 N–H and O–H groups in total. The van der Waals surface area contributed by atoms with E-state index in [2.05, 4.69) is 5.32 Å². The van der Waals surface area contributed by atoms with Gasteiger partial charge in [-0.1, -0.05) is 0 Å². The molecule has 0 aromatic heterocycles. The van der Waals surface area contributed by atoms with Gasteiger partial charge in [-0.05, 0) is 37.1 Å². The molecule has 1 rings (SSSR count). The Labute approximate surface area is 123 Å². The molecule has 0 radical (unpaired) electrons. The Balaban J connectivity index is 2.77. The van der Waals surface area contributed by atoms with Crippen molar-refractivity contribution in [2.45, 2.75) is 25.2 Å². The van der Waals surface area contributed by atoms with E-state index < -0.39 is 10.0 Å². The van der Waals surface area contributed by atoms with Gasteiger partial charge in [-0.2, -0.15) is 5.26 Å². The fourth-order valence-electron chi connectivity index (χ4n) is 1.75. The van der Waals surface area contributed by atoms with Crippen LogP contribution in [0.3, 0.4) is 0 Å². The number of nitriles is 1. The quantitative estimate of drug-likeness (QED) is 0.734. The lowest BCUT2D eigenvalue weighted by atomic mass is 10.1. The summed E-state index contributed by atoms with van der Waals surface area (Å²) in [6.07, 6.45) is 0.229. The zero-order valence-corrected chi connectivity index (χ0v) is 12.7. The van der Waals surface area contributed by atoms with Gasteiger partial charge in [-0.3, -0.25) is 4.79 Å². The highest BCUT2D eigenvalue weighted by atomic mass is 32.2. The van der Waals surface area contributed by atoms with Crippen LogP contribution in [0.15, 0.2) is 17.0 Å². The SMILES string of the molecule is Cc1cc(S(N)(=O)=O)cc(C)c1OCC(=O)NCCC#N. The number of ether oxygens (including phenoxy) is 1. The molecule has 0 unspecified atom stereocenters. The first-order chi connectivity index (χ1) is 9.75. The summed E-state index contributed by atoms with van der Waals surface area (Å²) >= 11 is 0. The third-order valence-electron chi connectivity index (χ3n) is 2.67. The number of rotatable bonds is 6. The molecule has 0 spiro atoms. The highest BCUT2D eigenvalue weighted by molar-refractivity contribution is 7.89. The lowest BCUT2D eigenvalue weighted by molar-refractivity contribution is -0.123. The second-order valence-corrected chi connectivity index (χ2v) is 6.04. The van der Waals surface area contributed by atoms with Crippen LogP contribution in [-0.4, -0.2) is 27.5 Å². The molecule has 0 aliphatic heterocycles. The number of benzene rings is 1. The number of nitrogens with zero attached hydrogens (tertiary/aromatic N) is 1. The van der Waals surface area contributed by atoms with Crippen molar-refractivity contribution in [2.75, 3.05) is 13.2 Å². The number of aryl methyl sites for hydroxylation is 2. The Kier molecular flexibility index (Phi) is 5.69. The van der Waals surface area contributed by atoms with Crippen molar-refractivity contribution in [3.05, 3.63) is 23.3 Å². The lowest BCUT2D eigenvalue weighted by Crippen LogP contribution is -2.29. The van der Waals surface area contributed by atoms with Gasteiger partial charge in [-0.15, -0.1) is 0 Å². The van der Waals surface area contributed by atoms with Gasteiger partial charge in [0.15, 0.2) is 6.61 Å². The van der Waals surface area contributed by atoms with Gasteiger partial charge in [0.05, 0.1) is 17.4 Å². The minimum absolute atomic E-state index is 0.00308. The van der Waals surface area contributed by atoms with Crippen molar-refractivity contribution < 1.29 is 17.9 Å². The average molecular weight is 311 g/mol. The second-order valence-electron chi connectivity index (χ2n) is 4.48. The fourth-order valence-corrected chi connectivity index (χ4v) is 2.43. The van der Waals surface area contributed by atoms with Gasteiger partial charge < -0.3 is 10.1 Å². The van der Waals surface area contributed by atoms with Crippen molar-refractivity contribution >= 4 is 15.9 Å². The number of primary sulfonamides is 1. The van der Waals surface area contributed by atoms with E-state index in [9.17, 15) is 13.2 Å². The first-order valence-electron chi connectivity index (χ1n) is 6.16. The van der Waals surface area contributed by atoms with Gasteiger partial charge in [-0.25, -0.2) is 13.6 Å². The molecule has 7 nitrogen and oxygen atoms in total. The molecular weight excluding hydrogens is 294 g/mol. The van der Waals surface area contributed by atoms with E-state index in [1.54, 1.807) is 13.8 Å². The second kappa shape index (κ2) is 7.06. The monoisotopic (exact) mass is 311 g/mol. The molecule has 0 heterocycles. The zero-order chi connectivity index (χ0) is 16.0. The number of hydrogen-bond donors (Lipinski definition) is 2. The summed E-state index contributed by atoms with van der Waals surface area (Å²) in [5.41, 5.74) is 1.15. The summed E-state index contributed by atoms with van der Waals surface area (Å²) in [5, 5.41) is 16.0. The van der Waals surface area contributed by atoms with E-state index in [4.69, 9.17) is 15.1 Å². The van der Waals surface area contributed by atoms with Crippen LogP contribution in [-0.2, 0) is 14.8 Å². The Morgan fingerprint density at radius 2 is 1.95 bits per heavy atom. The van der Waals surface area contributed by atoms with Crippen molar-refractivity contribution in [3.63, 3.8) is 0 Å². The van der Waals surface area contributed by atoms with Crippen LogP contribution in [0.1, 0.15) is 17.5 Å². The summed E-state index contributed by atoms with van der Waals surface area (Å²) in [6, 6.07) is 4.70. The molecule has 0 saturated carbocycles. The number of amides is 1. The molecule has 0 aliphatic rings. The summed E-state index contributed by atoms with van der Waals surface area (Å²) in [4.78, 5) is 11.5. The Morgan fingerprint density at radius 3 is 2.43 bits per heavy atom. The molecular formula is C13H17N3O4S.